The Morgan fingerprint density at radius 3 is 2.24 bits per heavy atom. The van der Waals surface area contributed by atoms with Crippen LogP contribution in [0.2, 0.25) is 0 Å². The van der Waals surface area contributed by atoms with Gasteiger partial charge in [0.25, 0.3) is 0 Å². The smallest absolute Gasteiger partial charge is 0.246 e. The summed E-state index contributed by atoms with van der Waals surface area (Å²) in [7, 11) is 0. The first kappa shape index (κ1) is 22.7. The number of carbonyl (C=O) groups is 2. The largest absolute Gasteiger partial charge is 0.369 e. The van der Waals surface area contributed by atoms with Crippen molar-refractivity contribution in [3.63, 3.8) is 0 Å². The summed E-state index contributed by atoms with van der Waals surface area (Å²) in [6.45, 7) is 9.14. The maximum absolute atomic E-state index is 13.5. The van der Waals surface area contributed by atoms with Gasteiger partial charge < -0.3 is 10.2 Å². The molecule has 1 amide bonds. The maximum Gasteiger partial charge on any atom is 0.246 e. The molecule has 170 valence electrons. The van der Waals surface area contributed by atoms with E-state index in [1.54, 1.807) is 18.2 Å². The van der Waals surface area contributed by atoms with Crippen molar-refractivity contribution in [2.75, 3.05) is 36.4 Å². The summed E-state index contributed by atoms with van der Waals surface area (Å²) < 4.78 is 0. The van der Waals surface area contributed by atoms with Gasteiger partial charge in [0.05, 0.1) is 0 Å². The number of Topliss-reactive ketones (excluding diaryl/α,β-unsaturated/α-hetero) is 1. The van der Waals surface area contributed by atoms with Gasteiger partial charge in [-0.1, -0.05) is 54.6 Å². The molecular formula is C28H31N3O2. The molecule has 3 aromatic carbocycles. The minimum Gasteiger partial charge on any atom is -0.369 e. The van der Waals surface area contributed by atoms with Gasteiger partial charge in [0.2, 0.25) is 5.91 Å². The molecule has 3 aromatic rings. The minimum atomic E-state index is -0.395. The number of carbonyl (C=O) groups excluding carboxylic acids is 2. The lowest BCUT2D eigenvalue weighted by atomic mass is 10.0. The second-order valence-electron chi connectivity index (χ2n) is 8.68. The summed E-state index contributed by atoms with van der Waals surface area (Å²) in [4.78, 5) is 29.9. The fourth-order valence-electron chi connectivity index (χ4n) is 4.49. The molecular weight excluding hydrogens is 410 g/mol. The van der Waals surface area contributed by atoms with Gasteiger partial charge >= 0.3 is 0 Å². The predicted molar refractivity (Wildman–Crippen MR) is 134 cm³/mol. The van der Waals surface area contributed by atoms with Crippen LogP contribution in [0.25, 0.3) is 0 Å². The Kier molecular flexibility index (Phi) is 6.90. The van der Waals surface area contributed by atoms with Crippen LogP contribution in [0.3, 0.4) is 0 Å². The Bertz CT molecular complexity index is 1130. The highest BCUT2D eigenvalue weighted by Crippen LogP contribution is 2.28. The molecule has 1 saturated heterocycles. The molecule has 1 N–H and O–H groups in total. The molecule has 5 heteroatoms. The second-order valence-corrected chi connectivity index (χ2v) is 8.68. The number of benzene rings is 3. The quantitative estimate of drug-likeness (QED) is 0.547. The fourth-order valence-corrected chi connectivity index (χ4v) is 4.49. The third-order valence-corrected chi connectivity index (χ3v) is 6.50. The zero-order valence-corrected chi connectivity index (χ0v) is 19.5. The molecule has 0 radical (unpaired) electrons. The van der Waals surface area contributed by atoms with Crippen molar-refractivity contribution < 1.29 is 9.59 Å². The van der Waals surface area contributed by atoms with Gasteiger partial charge in [0.1, 0.15) is 6.04 Å². The number of nitrogens with one attached hydrogen (secondary N) is 1. The maximum atomic E-state index is 13.5. The highest BCUT2D eigenvalue weighted by molar-refractivity contribution is 5.98. The Labute approximate surface area is 196 Å². The molecule has 0 spiro atoms. The Morgan fingerprint density at radius 1 is 0.848 bits per heavy atom. The SMILES string of the molecule is CC(=O)c1cccc(NC(=O)C(c2ccccc2)N2CCN(c3cccc(C)c3C)CC2)c1. The molecule has 1 unspecified atom stereocenters. The zero-order valence-electron chi connectivity index (χ0n) is 19.5. The molecule has 0 saturated carbocycles. The molecule has 0 bridgehead atoms. The topological polar surface area (TPSA) is 52.7 Å². The number of amides is 1. The van der Waals surface area contributed by atoms with Crippen LogP contribution >= 0.6 is 0 Å². The van der Waals surface area contributed by atoms with E-state index in [4.69, 9.17) is 0 Å². The van der Waals surface area contributed by atoms with Crippen LogP contribution in [0.5, 0.6) is 0 Å². The second kappa shape index (κ2) is 10.0. The van der Waals surface area contributed by atoms with E-state index in [9.17, 15) is 9.59 Å². The van der Waals surface area contributed by atoms with E-state index < -0.39 is 6.04 Å². The third-order valence-electron chi connectivity index (χ3n) is 6.50. The van der Waals surface area contributed by atoms with E-state index in [0.717, 1.165) is 31.7 Å². The number of aryl methyl sites for hydroxylation is 1. The molecule has 5 nitrogen and oxygen atoms in total. The number of ketones is 1. The molecule has 1 fully saturated rings. The van der Waals surface area contributed by atoms with E-state index in [0.29, 0.717) is 11.3 Å². The van der Waals surface area contributed by atoms with Gasteiger partial charge in [0.15, 0.2) is 5.78 Å². The van der Waals surface area contributed by atoms with Gasteiger partial charge in [-0.25, -0.2) is 0 Å². The lowest BCUT2D eigenvalue weighted by Gasteiger charge is -2.40. The minimum absolute atomic E-state index is 0.0201. The predicted octanol–water partition coefficient (Wildman–Crippen LogP) is 5.01. The lowest BCUT2D eigenvalue weighted by Crippen LogP contribution is -2.50. The van der Waals surface area contributed by atoms with E-state index in [-0.39, 0.29) is 11.7 Å². The van der Waals surface area contributed by atoms with Crippen LogP contribution in [0, 0.1) is 13.8 Å². The number of hydrogen-bond acceptors (Lipinski definition) is 4. The standard InChI is InChI=1S/C28H31N3O2/c1-20-9-7-14-26(21(20)2)30-15-17-31(18-16-30)27(23-10-5-4-6-11-23)28(33)29-25-13-8-12-24(19-25)22(3)32/h4-14,19,27H,15-18H2,1-3H3,(H,29,33). The molecule has 1 heterocycles. The number of nitrogens with zero attached hydrogens (tertiary/aromatic N) is 2. The van der Waals surface area contributed by atoms with Crippen molar-refractivity contribution in [3.05, 3.63) is 95.1 Å². The summed E-state index contributed by atoms with van der Waals surface area (Å²) in [5.74, 6) is -0.102. The van der Waals surface area contributed by atoms with Crippen molar-refractivity contribution in [3.8, 4) is 0 Å². The van der Waals surface area contributed by atoms with Crippen LogP contribution in [0.1, 0.15) is 40.0 Å². The van der Waals surface area contributed by atoms with E-state index in [2.05, 4.69) is 47.2 Å². The highest BCUT2D eigenvalue weighted by atomic mass is 16.2. The van der Waals surface area contributed by atoms with Crippen molar-refractivity contribution >= 4 is 23.1 Å². The molecule has 4 rings (SSSR count). The summed E-state index contributed by atoms with van der Waals surface area (Å²) in [5, 5.41) is 3.05. The number of piperazine rings is 1. The molecule has 1 atom stereocenters. The van der Waals surface area contributed by atoms with E-state index >= 15 is 0 Å². The van der Waals surface area contributed by atoms with Crippen LogP contribution < -0.4 is 10.2 Å². The van der Waals surface area contributed by atoms with Crippen molar-refractivity contribution in [2.24, 2.45) is 0 Å². The van der Waals surface area contributed by atoms with Gasteiger partial charge in [-0.2, -0.15) is 0 Å². The van der Waals surface area contributed by atoms with Crippen LogP contribution in [0.4, 0.5) is 11.4 Å². The van der Waals surface area contributed by atoms with E-state index in [1.807, 2.05) is 36.4 Å². The fraction of sp³-hybridized carbons (Fsp3) is 0.286. The molecule has 33 heavy (non-hydrogen) atoms. The van der Waals surface area contributed by atoms with Crippen LogP contribution in [-0.2, 0) is 4.79 Å². The Morgan fingerprint density at radius 2 is 1.55 bits per heavy atom. The van der Waals surface area contributed by atoms with Crippen LogP contribution in [0.15, 0.2) is 72.8 Å². The number of anilines is 2. The van der Waals surface area contributed by atoms with Crippen LogP contribution in [-0.4, -0.2) is 42.8 Å². The number of rotatable bonds is 6. The molecule has 0 aliphatic carbocycles. The Balaban J connectivity index is 1.53. The van der Waals surface area contributed by atoms with Gasteiger partial charge in [-0.15, -0.1) is 0 Å². The number of hydrogen-bond donors (Lipinski definition) is 1. The van der Waals surface area contributed by atoms with Gasteiger partial charge in [-0.3, -0.25) is 14.5 Å². The average Bonchev–Trinajstić information content (AvgIpc) is 2.82. The monoisotopic (exact) mass is 441 g/mol. The first-order valence-corrected chi connectivity index (χ1v) is 11.5. The van der Waals surface area contributed by atoms with Crippen molar-refractivity contribution in [1.29, 1.82) is 0 Å². The van der Waals surface area contributed by atoms with Crippen molar-refractivity contribution in [1.82, 2.24) is 4.90 Å². The van der Waals surface area contributed by atoms with Crippen molar-refractivity contribution in [2.45, 2.75) is 26.8 Å². The first-order chi connectivity index (χ1) is 15.9. The van der Waals surface area contributed by atoms with E-state index in [1.165, 1.54) is 23.7 Å². The molecule has 1 aliphatic rings. The zero-order chi connectivity index (χ0) is 23.4. The molecule has 1 aliphatic heterocycles. The Hall–Kier alpha value is -3.44. The molecule has 0 aromatic heterocycles. The lowest BCUT2D eigenvalue weighted by molar-refractivity contribution is -0.121. The van der Waals surface area contributed by atoms with Gasteiger partial charge in [-0.05, 0) is 55.7 Å². The summed E-state index contributed by atoms with van der Waals surface area (Å²) in [6.07, 6.45) is 0. The normalized spacial score (nSPS) is 15.2. The summed E-state index contributed by atoms with van der Waals surface area (Å²) in [5.41, 5.74) is 6.08. The first-order valence-electron chi connectivity index (χ1n) is 11.5. The highest BCUT2D eigenvalue weighted by Gasteiger charge is 2.31. The van der Waals surface area contributed by atoms with Gasteiger partial charge in [0, 0.05) is 43.1 Å². The third kappa shape index (κ3) is 5.15. The summed E-state index contributed by atoms with van der Waals surface area (Å²) >= 11 is 0. The summed E-state index contributed by atoms with van der Waals surface area (Å²) in [6, 6.07) is 23.1. The average molecular weight is 442 g/mol.